The lowest BCUT2D eigenvalue weighted by molar-refractivity contribution is 0.665. The second-order valence-corrected chi connectivity index (χ2v) is 7.31. The summed E-state index contributed by atoms with van der Waals surface area (Å²) in [5, 5.41) is 8.26. The molecule has 0 heterocycles. The van der Waals surface area contributed by atoms with Gasteiger partial charge in [0.15, 0.2) is 5.84 Å². The summed E-state index contributed by atoms with van der Waals surface area (Å²) in [6.45, 7) is 6.66. The van der Waals surface area contributed by atoms with Gasteiger partial charge in [0, 0.05) is 11.1 Å². The van der Waals surface area contributed by atoms with Gasteiger partial charge in [-0.1, -0.05) is 88.6 Å². The average molecular weight is 364 g/mol. The summed E-state index contributed by atoms with van der Waals surface area (Å²) in [5.74, 6) is 1.14. The Bertz CT molecular complexity index is 742. The first-order valence-corrected chi connectivity index (χ1v) is 10.2. The van der Waals surface area contributed by atoms with E-state index in [9.17, 15) is 0 Å². The lowest BCUT2D eigenvalue weighted by atomic mass is 9.95. The summed E-state index contributed by atoms with van der Waals surface area (Å²) >= 11 is 0. The lowest BCUT2D eigenvalue weighted by Crippen LogP contribution is -2.16. The van der Waals surface area contributed by atoms with Gasteiger partial charge in [-0.25, -0.2) is 4.99 Å². The molecule has 1 atom stereocenters. The fourth-order valence-electron chi connectivity index (χ4n) is 3.24. The first kappa shape index (κ1) is 20.9. The van der Waals surface area contributed by atoms with Crippen LogP contribution in [0.1, 0.15) is 81.0 Å². The second kappa shape index (κ2) is 10.7. The van der Waals surface area contributed by atoms with Gasteiger partial charge in [0.25, 0.3) is 0 Å². The minimum absolute atomic E-state index is 0.203. The molecule has 144 valence electrons. The van der Waals surface area contributed by atoms with Gasteiger partial charge in [-0.15, -0.1) is 0 Å². The number of nitrogens with two attached hydrogens (primary N) is 1. The molecule has 0 saturated heterocycles. The van der Waals surface area contributed by atoms with E-state index >= 15 is 0 Å². The van der Waals surface area contributed by atoms with E-state index in [4.69, 9.17) is 11.1 Å². The van der Waals surface area contributed by atoms with Gasteiger partial charge in [-0.3, -0.25) is 5.41 Å². The van der Waals surface area contributed by atoms with E-state index in [1.54, 1.807) is 0 Å². The van der Waals surface area contributed by atoms with Gasteiger partial charge in [-0.05, 0) is 36.3 Å². The third-order valence-corrected chi connectivity index (χ3v) is 5.03. The number of benzene rings is 2. The number of amidine groups is 2. The summed E-state index contributed by atoms with van der Waals surface area (Å²) < 4.78 is 0. The minimum Gasteiger partial charge on any atom is -0.383 e. The molecule has 3 nitrogen and oxygen atoms in total. The molecule has 2 aromatic carbocycles. The van der Waals surface area contributed by atoms with Gasteiger partial charge < -0.3 is 5.73 Å². The van der Waals surface area contributed by atoms with Crippen molar-refractivity contribution in [1.82, 2.24) is 0 Å². The van der Waals surface area contributed by atoms with Crippen LogP contribution in [0.4, 0.5) is 0 Å². The van der Waals surface area contributed by atoms with Crippen LogP contribution < -0.4 is 5.73 Å². The zero-order valence-corrected chi connectivity index (χ0v) is 17.0. The zero-order chi connectivity index (χ0) is 19.6. The van der Waals surface area contributed by atoms with Crippen LogP contribution in [0.25, 0.3) is 0 Å². The number of aryl methyl sites for hydroxylation is 1. The van der Waals surface area contributed by atoms with Crippen LogP contribution in [0.2, 0.25) is 0 Å². The molecule has 0 spiro atoms. The van der Waals surface area contributed by atoms with E-state index in [1.165, 1.54) is 43.2 Å². The Morgan fingerprint density at radius 3 is 2.15 bits per heavy atom. The monoisotopic (exact) mass is 363 g/mol. The molecule has 2 aromatic rings. The van der Waals surface area contributed by atoms with Crippen molar-refractivity contribution in [2.45, 2.75) is 65.2 Å². The Morgan fingerprint density at radius 1 is 0.926 bits per heavy atom. The molecule has 0 aliphatic carbocycles. The summed E-state index contributed by atoms with van der Waals surface area (Å²) in [6.07, 6.45) is 7.17. The second-order valence-electron chi connectivity index (χ2n) is 7.31. The highest BCUT2D eigenvalue weighted by atomic mass is 14.9. The predicted molar refractivity (Wildman–Crippen MR) is 117 cm³/mol. The van der Waals surface area contributed by atoms with Crippen LogP contribution in [-0.2, 0) is 6.42 Å². The molecule has 1 unspecified atom stereocenters. The summed E-state index contributed by atoms with van der Waals surface area (Å²) in [6, 6.07) is 16.4. The Hall–Kier alpha value is -2.42. The lowest BCUT2D eigenvalue weighted by Gasteiger charge is -2.11. The van der Waals surface area contributed by atoms with Crippen LogP contribution in [-0.4, -0.2) is 11.7 Å². The van der Waals surface area contributed by atoms with E-state index in [1.807, 2.05) is 24.3 Å². The summed E-state index contributed by atoms with van der Waals surface area (Å²) in [7, 11) is 0. The molecule has 0 amide bonds. The molecule has 2 rings (SSSR count). The maximum absolute atomic E-state index is 8.26. The smallest absolute Gasteiger partial charge is 0.154 e. The van der Waals surface area contributed by atoms with Crippen molar-refractivity contribution >= 4 is 11.7 Å². The van der Waals surface area contributed by atoms with Gasteiger partial charge in [0.05, 0.1) is 0 Å². The molecule has 0 aliphatic rings. The van der Waals surface area contributed by atoms with E-state index in [2.05, 4.69) is 50.0 Å². The Morgan fingerprint density at radius 2 is 1.56 bits per heavy atom. The number of unbranched alkanes of at least 4 members (excludes halogenated alkanes) is 2. The molecule has 27 heavy (non-hydrogen) atoms. The summed E-state index contributed by atoms with van der Waals surface area (Å²) in [4.78, 5) is 4.31. The van der Waals surface area contributed by atoms with Crippen molar-refractivity contribution in [3.05, 3.63) is 70.8 Å². The molecule has 0 saturated carbocycles. The van der Waals surface area contributed by atoms with Gasteiger partial charge in [-0.2, -0.15) is 0 Å². The number of hydrogen-bond donors (Lipinski definition) is 2. The third-order valence-electron chi connectivity index (χ3n) is 5.03. The third kappa shape index (κ3) is 6.35. The van der Waals surface area contributed by atoms with Crippen LogP contribution in [0.15, 0.2) is 53.5 Å². The predicted octanol–water partition coefficient (Wildman–Crippen LogP) is 6.05. The first-order valence-electron chi connectivity index (χ1n) is 10.2. The normalized spacial score (nSPS) is 12.8. The van der Waals surface area contributed by atoms with Crippen molar-refractivity contribution in [1.29, 1.82) is 5.41 Å². The molecule has 0 radical (unpaired) electrons. The molecular formula is C24H33N3. The minimum atomic E-state index is 0.203. The quantitative estimate of drug-likeness (QED) is 0.318. The first-order chi connectivity index (χ1) is 13.0. The molecule has 0 aliphatic heterocycles. The maximum atomic E-state index is 8.26. The van der Waals surface area contributed by atoms with Crippen LogP contribution in [0, 0.1) is 5.41 Å². The van der Waals surface area contributed by atoms with E-state index in [-0.39, 0.29) is 5.84 Å². The van der Waals surface area contributed by atoms with E-state index in [0.717, 1.165) is 17.5 Å². The fraction of sp³-hybridized carbons (Fsp3) is 0.417. The molecule has 0 bridgehead atoms. The van der Waals surface area contributed by atoms with E-state index < -0.39 is 0 Å². The van der Waals surface area contributed by atoms with Crippen LogP contribution in [0.5, 0.6) is 0 Å². The Balaban J connectivity index is 2.03. The molecule has 3 N–H and O–H groups in total. The Kier molecular flexibility index (Phi) is 8.25. The SMILES string of the molecule is CCCCCc1ccc(C(N)=NC(=N)c2ccc(C(C)CCC)cc2)cc1. The van der Waals surface area contributed by atoms with E-state index in [0.29, 0.717) is 11.8 Å². The topological polar surface area (TPSA) is 62.2 Å². The largest absolute Gasteiger partial charge is 0.383 e. The molecule has 3 heteroatoms. The van der Waals surface area contributed by atoms with Crippen molar-refractivity contribution < 1.29 is 0 Å². The van der Waals surface area contributed by atoms with Crippen LogP contribution >= 0.6 is 0 Å². The highest BCUT2D eigenvalue weighted by molar-refractivity contribution is 6.09. The highest BCUT2D eigenvalue weighted by Crippen LogP contribution is 2.21. The maximum Gasteiger partial charge on any atom is 0.154 e. The number of hydrogen-bond acceptors (Lipinski definition) is 1. The Labute approximate surface area is 164 Å². The molecule has 0 aromatic heterocycles. The number of nitrogens with zero attached hydrogens (tertiary/aromatic N) is 1. The van der Waals surface area contributed by atoms with Crippen molar-refractivity contribution in [2.75, 3.05) is 0 Å². The standard InChI is InChI=1S/C24H33N3/c1-4-6-7-9-19-10-12-21(13-11-19)23(25)27-24(26)22-16-14-20(15-17-22)18(3)8-5-2/h10-18H,4-9H2,1-3H3,(H3,25,26,27). The number of aliphatic imine (C=N–C) groups is 1. The zero-order valence-electron chi connectivity index (χ0n) is 17.0. The number of nitrogens with one attached hydrogen (secondary N) is 1. The highest BCUT2D eigenvalue weighted by Gasteiger charge is 2.07. The van der Waals surface area contributed by atoms with Gasteiger partial charge >= 0.3 is 0 Å². The van der Waals surface area contributed by atoms with Gasteiger partial charge in [0.2, 0.25) is 0 Å². The average Bonchev–Trinajstić information content (AvgIpc) is 2.69. The van der Waals surface area contributed by atoms with Crippen molar-refractivity contribution in [2.24, 2.45) is 10.7 Å². The molecule has 0 fully saturated rings. The molecular weight excluding hydrogens is 330 g/mol. The summed E-state index contributed by atoms with van der Waals surface area (Å²) in [5.41, 5.74) is 10.4. The van der Waals surface area contributed by atoms with Crippen LogP contribution in [0.3, 0.4) is 0 Å². The fourth-order valence-corrected chi connectivity index (χ4v) is 3.24. The number of rotatable bonds is 9. The van der Waals surface area contributed by atoms with Gasteiger partial charge in [0.1, 0.15) is 5.84 Å². The van der Waals surface area contributed by atoms with Crippen molar-refractivity contribution in [3.8, 4) is 0 Å². The van der Waals surface area contributed by atoms with Crippen molar-refractivity contribution in [3.63, 3.8) is 0 Å².